The number of carboxylic acids is 1. The molecule has 1 aromatic heterocycles. The lowest BCUT2D eigenvalue weighted by Crippen LogP contribution is -2.45. The lowest BCUT2D eigenvalue weighted by molar-refractivity contribution is -0.145. The van der Waals surface area contributed by atoms with E-state index < -0.39 is 17.7 Å². The summed E-state index contributed by atoms with van der Waals surface area (Å²) in [6.07, 6.45) is 0.785. The molecule has 1 saturated heterocycles. The van der Waals surface area contributed by atoms with Crippen LogP contribution in [0.3, 0.4) is 0 Å². The number of nitrogens with zero attached hydrogens (tertiary/aromatic N) is 3. The third kappa shape index (κ3) is 4.68. The van der Waals surface area contributed by atoms with Crippen LogP contribution >= 0.6 is 0 Å². The van der Waals surface area contributed by atoms with Gasteiger partial charge in [-0.1, -0.05) is 12.1 Å². The largest absolute Gasteiger partial charge is 0.481 e. The number of hydrogen-bond acceptors (Lipinski definition) is 3. The van der Waals surface area contributed by atoms with E-state index in [1.807, 2.05) is 13.1 Å². The van der Waals surface area contributed by atoms with Crippen LogP contribution in [0.25, 0.3) is 0 Å². The molecule has 2 aromatic rings. The Labute approximate surface area is 155 Å². The maximum absolute atomic E-state index is 12.6. The Kier molecular flexibility index (Phi) is 5.55. The maximum atomic E-state index is 12.6. The second-order valence-electron chi connectivity index (χ2n) is 7.04. The van der Waals surface area contributed by atoms with Crippen molar-refractivity contribution in [2.75, 3.05) is 6.54 Å². The molecule has 146 valence electrons. The minimum absolute atomic E-state index is 0.0467. The van der Waals surface area contributed by atoms with Gasteiger partial charge in [-0.3, -0.25) is 14.4 Å². The maximum Gasteiger partial charge on any atom is 0.416 e. The molecule has 1 aliphatic heterocycles. The Hall–Kier alpha value is -2.35. The fourth-order valence-electron chi connectivity index (χ4n) is 3.56. The summed E-state index contributed by atoms with van der Waals surface area (Å²) < 4.78 is 39.5. The van der Waals surface area contributed by atoms with Gasteiger partial charge in [0.25, 0.3) is 0 Å². The predicted octanol–water partition coefficient (Wildman–Crippen LogP) is 3.64. The number of hydrogen-bond donors (Lipinski definition) is 1. The monoisotopic (exact) mass is 381 g/mol. The summed E-state index contributed by atoms with van der Waals surface area (Å²) in [6, 6.07) is 5.00. The SMILES string of the molecule is C[C@@H]1[C@H](C(=O)O)CCCN1Cc1cnn(Cc2ccc(C(F)(F)F)cc2)c1. The summed E-state index contributed by atoms with van der Waals surface area (Å²) in [4.78, 5) is 13.5. The smallest absolute Gasteiger partial charge is 0.416 e. The molecule has 0 saturated carbocycles. The lowest BCUT2D eigenvalue weighted by Gasteiger charge is -2.37. The van der Waals surface area contributed by atoms with Gasteiger partial charge in [-0.05, 0) is 44.0 Å². The van der Waals surface area contributed by atoms with E-state index in [4.69, 9.17) is 0 Å². The Bertz CT molecular complexity index is 786. The minimum Gasteiger partial charge on any atom is -0.481 e. The van der Waals surface area contributed by atoms with Gasteiger partial charge in [0.05, 0.1) is 24.2 Å². The molecular formula is C19H22F3N3O2. The fourth-order valence-corrected chi connectivity index (χ4v) is 3.56. The number of rotatable bonds is 5. The topological polar surface area (TPSA) is 58.4 Å². The molecule has 1 aliphatic rings. The van der Waals surface area contributed by atoms with Gasteiger partial charge in [0.1, 0.15) is 0 Å². The zero-order chi connectivity index (χ0) is 19.6. The van der Waals surface area contributed by atoms with Gasteiger partial charge in [0, 0.05) is 24.3 Å². The van der Waals surface area contributed by atoms with Crippen LogP contribution in [0.15, 0.2) is 36.7 Å². The number of carboxylic acid groups (broad SMARTS) is 1. The second-order valence-corrected chi connectivity index (χ2v) is 7.04. The first kappa shape index (κ1) is 19.4. The number of halogens is 3. The van der Waals surface area contributed by atoms with E-state index in [-0.39, 0.29) is 12.0 Å². The van der Waals surface area contributed by atoms with Gasteiger partial charge in [-0.15, -0.1) is 0 Å². The van der Waals surface area contributed by atoms with Crippen LogP contribution in [0, 0.1) is 5.92 Å². The molecule has 1 aromatic carbocycles. The molecule has 0 bridgehead atoms. The van der Waals surface area contributed by atoms with Gasteiger partial charge in [-0.2, -0.15) is 18.3 Å². The third-order valence-corrected chi connectivity index (χ3v) is 5.13. The third-order valence-electron chi connectivity index (χ3n) is 5.13. The zero-order valence-electron chi connectivity index (χ0n) is 15.0. The number of benzene rings is 1. The number of aromatic nitrogens is 2. The van der Waals surface area contributed by atoms with Crippen LogP contribution in [-0.2, 0) is 24.1 Å². The first-order chi connectivity index (χ1) is 12.7. The summed E-state index contributed by atoms with van der Waals surface area (Å²) in [5.41, 5.74) is 1.02. The molecule has 0 radical (unpaired) electrons. The molecule has 8 heteroatoms. The Balaban J connectivity index is 1.62. The van der Waals surface area contributed by atoms with Crippen molar-refractivity contribution >= 4 is 5.97 Å². The standard InChI is InChI=1S/C19H22F3N3O2/c1-13-17(18(26)27)3-2-8-24(13)10-15-9-23-25(12-15)11-14-4-6-16(7-5-14)19(20,21)22/h4-7,9,12-13,17H,2-3,8,10-11H2,1H3,(H,26,27)/t13-,17-/m1/s1. The van der Waals surface area contributed by atoms with Gasteiger partial charge < -0.3 is 5.11 Å². The zero-order valence-corrected chi connectivity index (χ0v) is 15.0. The van der Waals surface area contributed by atoms with Crippen molar-refractivity contribution in [3.63, 3.8) is 0 Å². The Morgan fingerprint density at radius 1 is 1.22 bits per heavy atom. The highest BCUT2D eigenvalue weighted by Crippen LogP contribution is 2.29. The van der Waals surface area contributed by atoms with Crippen LogP contribution in [0.2, 0.25) is 0 Å². The van der Waals surface area contributed by atoms with E-state index in [1.165, 1.54) is 12.1 Å². The Morgan fingerprint density at radius 2 is 1.93 bits per heavy atom. The van der Waals surface area contributed by atoms with Crippen molar-refractivity contribution < 1.29 is 23.1 Å². The molecule has 0 amide bonds. The van der Waals surface area contributed by atoms with E-state index in [0.717, 1.165) is 36.2 Å². The molecular weight excluding hydrogens is 359 g/mol. The van der Waals surface area contributed by atoms with E-state index in [0.29, 0.717) is 19.5 Å². The quantitative estimate of drug-likeness (QED) is 0.859. The fraction of sp³-hybridized carbons (Fsp3) is 0.474. The van der Waals surface area contributed by atoms with Crippen molar-refractivity contribution in [3.05, 3.63) is 53.3 Å². The highest BCUT2D eigenvalue weighted by atomic mass is 19.4. The predicted molar refractivity (Wildman–Crippen MR) is 93.0 cm³/mol. The molecule has 1 fully saturated rings. The van der Waals surface area contributed by atoms with Crippen molar-refractivity contribution in [2.24, 2.45) is 5.92 Å². The minimum atomic E-state index is -4.34. The van der Waals surface area contributed by atoms with E-state index >= 15 is 0 Å². The summed E-state index contributed by atoms with van der Waals surface area (Å²) in [7, 11) is 0. The van der Waals surface area contributed by atoms with Crippen molar-refractivity contribution in [1.29, 1.82) is 0 Å². The van der Waals surface area contributed by atoms with Crippen LogP contribution in [0.1, 0.15) is 36.5 Å². The second kappa shape index (κ2) is 7.72. The number of carbonyl (C=O) groups is 1. The van der Waals surface area contributed by atoms with E-state index in [2.05, 4.69) is 10.00 Å². The molecule has 0 spiro atoms. The highest BCUT2D eigenvalue weighted by molar-refractivity contribution is 5.70. The molecule has 27 heavy (non-hydrogen) atoms. The summed E-state index contributed by atoms with van der Waals surface area (Å²) in [6.45, 7) is 3.77. The van der Waals surface area contributed by atoms with Crippen molar-refractivity contribution in [1.82, 2.24) is 14.7 Å². The number of aliphatic carboxylic acids is 1. The van der Waals surface area contributed by atoms with Crippen molar-refractivity contribution in [3.8, 4) is 0 Å². The van der Waals surface area contributed by atoms with Gasteiger partial charge >= 0.3 is 12.1 Å². The summed E-state index contributed by atoms with van der Waals surface area (Å²) >= 11 is 0. The molecule has 5 nitrogen and oxygen atoms in total. The van der Waals surface area contributed by atoms with Gasteiger partial charge in [0.15, 0.2) is 0 Å². The number of alkyl halides is 3. The van der Waals surface area contributed by atoms with Gasteiger partial charge in [-0.25, -0.2) is 0 Å². The van der Waals surface area contributed by atoms with Crippen LogP contribution < -0.4 is 0 Å². The summed E-state index contributed by atoms with van der Waals surface area (Å²) in [5, 5.41) is 13.6. The average molecular weight is 381 g/mol. The van der Waals surface area contributed by atoms with Crippen LogP contribution in [0.4, 0.5) is 13.2 Å². The normalized spacial score (nSPS) is 21.3. The average Bonchev–Trinajstić information content (AvgIpc) is 3.03. The van der Waals surface area contributed by atoms with Gasteiger partial charge in [0.2, 0.25) is 0 Å². The van der Waals surface area contributed by atoms with Crippen LogP contribution in [-0.4, -0.2) is 38.3 Å². The lowest BCUT2D eigenvalue weighted by atomic mass is 9.90. The van der Waals surface area contributed by atoms with Crippen molar-refractivity contribution in [2.45, 2.75) is 45.1 Å². The summed E-state index contributed by atoms with van der Waals surface area (Å²) in [5.74, 6) is -1.12. The molecule has 3 rings (SSSR count). The van der Waals surface area contributed by atoms with Crippen LogP contribution in [0.5, 0.6) is 0 Å². The van der Waals surface area contributed by atoms with E-state index in [1.54, 1.807) is 10.9 Å². The number of likely N-dealkylation sites (tertiary alicyclic amines) is 1. The number of piperidine rings is 1. The Morgan fingerprint density at radius 3 is 2.56 bits per heavy atom. The van der Waals surface area contributed by atoms with E-state index in [9.17, 15) is 23.1 Å². The first-order valence-corrected chi connectivity index (χ1v) is 8.88. The molecule has 2 heterocycles. The highest BCUT2D eigenvalue weighted by Gasteiger charge is 2.33. The first-order valence-electron chi connectivity index (χ1n) is 8.88. The molecule has 1 N–H and O–H groups in total. The molecule has 2 atom stereocenters. The molecule has 0 unspecified atom stereocenters. The molecule has 0 aliphatic carbocycles.